The molecule has 1 unspecified atom stereocenters. The maximum Gasteiger partial charge on any atom is 0.232 e. The van der Waals surface area contributed by atoms with Crippen LogP contribution in [0.4, 0.5) is 0 Å². The number of allylic oxidation sites excluding steroid dienone is 1. The monoisotopic (exact) mass is 425 g/mol. The molecule has 6 nitrogen and oxygen atoms in total. The molecule has 4 aliphatic heterocycles. The Morgan fingerprint density at radius 1 is 1.07 bits per heavy atom. The predicted molar refractivity (Wildman–Crippen MR) is 121 cm³/mol. The molecule has 1 aromatic heterocycles. The number of fused-ring (bicyclic) bond motifs is 1. The van der Waals surface area contributed by atoms with Gasteiger partial charge in [0.05, 0.1) is 22.2 Å². The Labute approximate surface area is 183 Å². The number of nitrogens with zero attached hydrogens (tertiary/aromatic N) is 5. The molecular formula is C23H31N5OS. The molecule has 4 aliphatic rings. The summed E-state index contributed by atoms with van der Waals surface area (Å²) in [6.07, 6.45) is 12.2. The Morgan fingerprint density at radius 3 is 2.60 bits per heavy atom. The van der Waals surface area contributed by atoms with Crippen molar-refractivity contribution in [2.24, 2.45) is 4.99 Å². The molecule has 0 aliphatic carbocycles. The first kappa shape index (κ1) is 20.2. The summed E-state index contributed by atoms with van der Waals surface area (Å²) < 4.78 is 0. The SMILES string of the molecule is Cc1nc(C2=CCCC=N2)nc2c1SCC2C(=O)N1CCC(N2CCCCC2)CC1. The van der Waals surface area contributed by atoms with Crippen molar-refractivity contribution in [1.82, 2.24) is 19.8 Å². The highest BCUT2D eigenvalue weighted by Gasteiger charge is 2.37. The van der Waals surface area contributed by atoms with Crippen LogP contribution < -0.4 is 0 Å². The van der Waals surface area contributed by atoms with Crippen LogP contribution in [0.3, 0.4) is 0 Å². The Bertz CT molecular complexity index is 869. The van der Waals surface area contributed by atoms with E-state index in [2.05, 4.69) is 20.9 Å². The fourth-order valence-corrected chi connectivity index (χ4v) is 6.39. The van der Waals surface area contributed by atoms with Gasteiger partial charge in [0.15, 0.2) is 5.82 Å². The lowest BCUT2D eigenvalue weighted by atomic mass is 9.98. The van der Waals surface area contributed by atoms with Gasteiger partial charge in [-0.3, -0.25) is 9.79 Å². The van der Waals surface area contributed by atoms with E-state index in [4.69, 9.17) is 9.97 Å². The zero-order valence-corrected chi connectivity index (χ0v) is 18.7. The fraction of sp³-hybridized carbons (Fsp3) is 0.652. The van der Waals surface area contributed by atoms with Gasteiger partial charge < -0.3 is 9.80 Å². The average molecular weight is 426 g/mol. The van der Waals surface area contributed by atoms with Gasteiger partial charge in [0.25, 0.3) is 0 Å². The van der Waals surface area contributed by atoms with Gasteiger partial charge in [-0.15, -0.1) is 11.8 Å². The second-order valence-corrected chi connectivity index (χ2v) is 9.87. The van der Waals surface area contributed by atoms with Crippen LogP contribution in [0.25, 0.3) is 5.70 Å². The number of hydrogen-bond acceptors (Lipinski definition) is 6. The summed E-state index contributed by atoms with van der Waals surface area (Å²) >= 11 is 1.73. The molecule has 1 atom stereocenters. The predicted octanol–water partition coefficient (Wildman–Crippen LogP) is 3.66. The molecule has 0 bridgehead atoms. The van der Waals surface area contributed by atoms with E-state index in [9.17, 15) is 4.79 Å². The van der Waals surface area contributed by atoms with Gasteiger partial charge in [-0.25, -0.2) is 9.97 Å². The first-order valence-electron chi connectivity index (χ1n) is 11.5. The molecule has 160 valence electrons. The van der Waals surface area contributed by atoms with Gasteiger partial charge in [0.2, 0.25) is 5.91 Å². The van der Waals surface area contributed by atoms with E-state index in [1.54, 1.807) is 11.8 Å². The number of rotatable bonds is 3. The Kier molecular flexibility index (Phi) is 5.92. The van der Waals surface area contributed by atoms with Gasteiger partial charge in [0.1, 0.15) is 5.70 Å². The Morgan fingerprint density at radius 2 is 1.87 bits per heavy atom. The molecule has 1 aromatic rings. The molecule has 0 N–H and O–H groups in total. The molecule has 0 radical (unpaired) electrons. The van der Waals surface area contributed by atoms with Crippen LogP contribution in [0, 0.1) is 6.92 Å². The second-order valence-electron chi connectivity index (χ2n) is 8.84. The highest BCUT2D eigenvalue weighted by atomic mass is 32.2. The highest BCUT2D eigenvalue weighted by molar-refractivity contribution is 7.99. The maximum absolute atomic E-state index is 13.4. The topological polar surface area (TPSA) is 61.7 Å². The van der Waals surface area contributed by atoms with E-state index in [0.717, 1.165) is 66.5 Å². The van der Waals surface area contributed by atoms with Crippen molar-refractivity contribution in [1.29, 1.82) is 0 Å². The van der Waals surface area contributed by atoms with E-state index in [-0.39, 0.29) is 11.8 Å². The number of aromatic nitrogens is 2. The summed E-state index contributed by atoms with van der Waals surface area (Å²) in [5.74, 6) is 1.56. The van der Waals surface area contributed by atoms with E-state index in [0.29, 0.717) is 11.9 Å². The Balaban J connectivity index is 1.29. The summed E-state index contributed by atoms with van der Waals surface area (Å²) in [6.45, 7) is 6.26. The molecule has 7 heteroatoms. The smallest absolute Gasteiger partial charge is 0.232 e. The van der Waals surface area contributed by atoms with Crippen molar-refractivity contribution in [3.8, 4) is 0 Å². The first-order chi connectivity index (χ1) is 14.7. The number of carbonyl (C=O) groups excluding carboxylic acids is 1. The summed E-state index contributed by atoms with van der Waals surface area (Å²) in [7, 11) is 0. The third-order valence-electron chi connectivity index (χ3n) is 6.86. The minimum absolute atomic E-state index is 0.148. The standard InChI is InChI=1S/C23H31N5OS/c1-16-21-20(26-22(25-16)19-7-3-4-10-24-19)18(15-30-21)23(29)28-13-8-17(9-14-28)27-11-5-2-6-12-27/h7,10,17-18H,2-6,8-9,11-15H2,1H3. The molecule has 30 heavy (non-hydrogen) atoms. The van der Waals surface area contributed by atoms with E-state index in [1.807, 2.05) is 13.1 Å². The highest BCUT2D eigenvalue weighted by Crippen LogP contribution is 2.41. The van der Waals surface area contributed by atoms with Gasteiger partial charge in [0, 0.05) is 31.1 Å². The van der Waals surface area contributed by atoms with Gasteiger partial charge in [-0.1, -0.05) is 12.5 Å². The molecule has 0 aromatic carbocycles. The van der Waals surface area contributed by atoms with Crippen molar-refractivity contribution >= 4 is 29.6 Å². The molecule has 2 fully saturated rings. The van der Waals surface area contributed by atoms with E-state index in [1.165, 1.54) is 32.4 Å². The van der Waals surface area contributed by atoms with Gasteiger partial charge in [-0.05, 0) is 58.5 Å². The minimum atomic E-state index is -0.148. The quantitative estimate of drug-likeness (QED) is 0.740. The molecule has 0 spiro atoms. The summed E-state index contributed by atoms with van der Waals surface area (Å²) in [4.78, 5) is 33.3. The maximum atomic E-state index is 13.4. The van der Waals surface area contributed by atoms with Gasteiger partial charge >= 0.3 is 0 Å². The number of amides is 1. The number of likely N-dealkylation sites (tertiary alicyclic amines) is 2. The molecule has 2 saturated heterocycles. The van der Waals surface area contributed by atoms with Crippen molar-refractivity contribution < 1.29 is 4.79 Å². The summed E-state index contributed by atoms with van der Waals surface area (Å²) in [6, 6.07) is 0.659. The fourth-order valence-electron chi connectivity index (χ4n) is 5.16. The normalized spacial score (nSPS) is 25.3. The number of thioether (sulfide) groups is 1. The van der Waals surface area contributed by atoms with E-state index >= 15 is 0 Å². The zero-order chi connectivity index (χ0) is 20.5. The lowest BCUT2D eigenvalue weighted by molar-refractivity contribution is -0.134. The lowest BCUT2D eigenvalue weighted by Crippen LogP contribution is -2.49. The molecule has 1 amide bonds. The first-order valence-corrected chi connectivity index (χ1v) is 12.5. The van der Waals surface area contributed by atoms with Gasteiger partial charge in [-0.2, -0.15) is 0 Å². The van der Waals surface area contributed by atoms with Crippen LogP contribution >= 0.6 is 11.8 Å². The van der Waals surface area contributed by atoms with Crippen LogP contribution in [0.5, 0.6) is 0 Å². The van der Waals surface area contributed by atoms with Crippen molar-refractivity contribution in [2.75, 3.05) is 31.9 Å². The number of piperidine rings is 2. The second kappa shape index (κ2) is 8.79. The number of aliphatic imine (C=N–C) groups is 1. The lowest BCUT2D eigenvalue weighted by Gasteiger charge is -2.40. The third kappa shape index (κ3) is 3.94. The average Bonchev–Trinajstić information content (AvgIpc) is 3.24. The van der Waals surface area contributed by atoms with Crippen molar-refractivity contribution in [3.63, 3.8) is 0 Å². The van der Waals surface area contributed by atoms with Crippen molar-refractivity contribution in [3.05, 3.63) is 23.3 Å². The summed E-state index contributed by atoms with van der Waals surface area (Å²) in [5, 5.41) is 0. The van der Waals surface area contributed by atoms with E-state index < -0.39 is 0 Å². The number of hydrogen-bond donors (Lipinski definition) is 0. The molecule has 5 heterocycles. The number of carbonyl (C=O) groups is 1. The number of aryl methyl sites for hydroxylation is 1. The summed E-state index contributed by atoms with van der Waals surface area (Å²) in [5.41, 5.74) is 2.74. The molecular weight excluding hydrogens is 394 g/mol. The minimum Gasteiger partial charge on any atom is -0.342 e. The van der Waals surface area contributed by atoms with Crippen LogP contribution in [0.2, 0.25) is 0 Å². The third-order valence-corrected chi connectivity index (χ3v) is 8.15. The zero-order valence-electron chi connectivity index (χ0n) is 17.8. The molecule has 5 rings (SSSR count). The largest absolute Gasteiger partial charge is 0.342 e. The van der Waals surface area contributed by atoms with Crippen LogP contribution in [0.15, 0.2) is 16.0 Å². The Hall–Kier alpha value is -1.73. The van der Waals surface area contributed by atoms with Crippen LogP contribution in [-0.2, 0) is 4.79 Å². The van der Waals surface area contributed by atoms with Crippen LogP contribution in [0.1, 0.15) is 68.1 Å². The van der Waals surface area contributed by atoms with Crippen LogP contribution in [-0.4, -0.2) is 69.9 Å². The molecule has 0 saturated carbocycles. The van der Waals surface area contributed by atoms with Crippen molar-refractivity contribution in [2.45, 2.75) is 68.7 Å².